The molecule has 0 radical (unpaired) electrons. The summed E-state index contributed by atoms with van der Waals surface area (Å²) in [6.07, 6.45) is -3.79. The maximum absolute atomic E-state index is 13.1. The van der Waals surface area contributed by atoms with Crippen LogP contribution in [0.25, 0.3) is 0 Å². The van der Waals surface area contributed by atoms with Crippen molar-refractivity contribution in [2.45, 2.75) is 24.7 Å². The maximum atomic E-state index is 13.1. The van der Waals surface area contributed by atoms with E-state index in [1.807, 2.05) is 23.4 Å². The van der Waals surface area contributed by atoms with Crippen LogP contribution < -0.4 is 5.32 Å². The lowest BCUT2D eigenvalue weighted by Crippen LogP contribution is -2.51. The van der Waals surface area contributed by atoms with Gasteiger partial charge in [0.15, 0.2) is 5.16 Å². The van der Waals surface area contributed by atoms with Gasteiger partial charge in [-0.3, -0.25) is 14.5 Å². The SMILES string of the molecule is CCc1nnc(SCC(=O)N2CCN(CC(=O)Nc3ccccc3C(F)(F)F)CC2)n1C. The fourth-order valence-corrected chi connectivity index (χ4v) is 4.22. The van der Waals surface area contributed by atoms with E-state index in [2.05, 4.69) is 15.5 Å². The Morgan fingerprint density at radius 1 is 1.12 bits per heavy atom. The van der Waals surface area contributed by atoms with Gasteiger partial charge in [0.2, 0.25) is 11.8 Å². The van der Waals surface area contributed by atoms with Crippen molar-refractivity contribution in [2.24, 2.45) is 7.05 Å². The highest BCUT2D eigenvalue weighted by Crippen LogP contribution is 2.34. The fraction of sp³-hybridized carbons (Fsp3) is 0.500. The molecule has 174 valence electrons. The minimum atomic E-state index is -4.54. The van der Waals surface area contributed by atoms with E-state index in [9.17, 15) is 22.8 Å². The topological polar surface area (TPSA) is 83.4 Å². The summed E-state index contributed by atoms with van der Waals surface area (Å²) in [5, 5.41) is 11.2. The molecule has 1 fully saturated rings. The van der Waals surface area contributed by atoms with Crippen LogP contribution in [0.15, 0.2) is 29.4 Å². The number of piperazine rings is 1. The highest BCUT2D eigenvalue weighted by atomic mass is 32.2. The standard InChI is InChI=1S/C20H25F3N6O2S/c1-3-16-25-26-19(27(16)2)32-13-18(31)29-10-8-28(9-11-29)12-17(30)24-15-7-5-4-6-14(15)20(21,22)23/h4-7H,3,8-13H2,1-2H3,(H,24,30). The number of amides is 2. The van der Waals surface area contributed by atoms with Crippen LogP contribution >= 0.6 is 11.8 Å². The first-order valence-electron chi connectivity index (χ1n) is 10.2. The molecule has 0 spiro atoms. The summed E-state index contributed by atoms with van der Waals surface area (Å²) in [6, 6.07) is 4.88. The summed E-state index contributed by atoms with van der Waals surface area (Å²) in [5.41, 5.74) is -1.14. The van der Waals surface area contributed by atoms with Gasteiger partial charge in [-0.2, -0.15) is 13.2 Å². The molecule has 1 N–H and O–H groups in total. The zero-order valence-electron chi connectivity index (χ0n) is 17.9. The number of rotatable bonds is 7. The van der Waals surface area contributed by atoms with Crippen LogP contribution in [0.3, 0.4) is 0 Å². The van der Waals surface area contributed by atoms with Gasteiger partial charge in [0.05, 0.1) is 23.5 Å². The van der Waals surface area contributed by atoms with Crippen molar-refractivity contribution >= 4 is 29.3 Å². The van der Waals surface area contributed by atoms with Crippen molar-refractivity contribution in [1.29, 1.82) is 0 Å². The van der Waals surface area contributed by atoms with Crippen LogP contribution in [0.4, 0.5) is 18.9 Å². The van der Waals surface area contributed by atoms with Crippen molar-refractivity contribution < 1.29 is 22.8 Å². The number of alkyl halides is 3. The Bertz CT molecular complexity index is 957. The number of nitrogens with one attached hydrogen (secondary N) is 1. The number of aromatic nitrogens is 3. The van der Waals surface area contributed by atoms with E-state index in [0.717, 1.165) is 18.3 Å². The van der Waals surface area contributed by atoms with Crippen LogP contribution in [0.1, 0.15) is 18.3 Å². The third-order valence-electron chi connectivity index (χ3n) is 5.16. The highest BCUT2D eigenvalue weighted by molar-refractivity contribution is 7.99. The number of benzene rings is 1. The molecule has 0 aliphatic carbocycles. The molecule has 3 rings (SSSR count). The number of halogens is 3. The van der Waals surface area contributed by atoms with Gasteiger partial charge < -0.3 is 14.8 Å². The lowest BCUT2D eigenvalue weighted by molar-refractivity contribution is -0.137. The lowest BCUT2D eigenvalue weighted by atomic mass is 10.1. The molecular weight excluding hydrogens is 445 g/mol. The van der Waals surface area contributed by atoms with Gasteiger partial charge in [0.25, 0.3) is 0 Å². The number of hydrogen-bond donors (Lipinski definition) is 1. The Morgan fingerprint density at radius 2 is 1.81 bits per heavy atom. The molecule has 12 heteroatoms. The predicted octanol–water partition coefficient (Wildman–Crippen LogP) is 2.27. The molecule has 2 amide bonds. The molecule has 0 saturated carbocycles. The summed E-state index contributed by atoms with van der Waals surface area (Å²) < 4.78 is 41.1. The fourth-order valence-electron chi connectivity index (χ4n) is 3.38. The van der Waals surface area contributed by atoms with Gasteiger partial charge in [-0.25, -0.2) is 0 Å². The molecule has 2 heterocycles. The van der Waals surface area contributed by atoms with Crippen LogP contribution in [0, 0.1) is 0 Å². The maximum Gasteiger partial charge on any atom is 0.418 e. The number of carbonyl (C=O) groups is 2. The zero-order chi connectivity index (χ0) is 23.3. The summed E-state index contributed by atoms with van der Waals surface area (Å²) in [7, 11) is 1.86. The van der Waals surface area contributed by atoms with E-state index in [1.165, 1.54) is 30.0 Å². The third-order valence-corrected chi connectivity index (χ3v) is 6.17. The smallest absolute Gasteiger partial charge is 0.339 e. The second-order valence-electron chi connectivity index (χ2n) is 7.35. The van der Waals surface area contributed by atoms with Gasteiger partial charge in [-0.05, 0) is 12.1 Å². The molecule has 1 aromatic carbocycles. The molecule has 0 unspecified atom stereocenters. The number of anilines is 1. The minimum Gasteiger partial charge on any atom is -0.339 e. The first-order valence-corrected chi connectivity index (χ1v) is 11.1. The summed E-state index contributed by atoms with van der Waals surface area (Å²) >= 11 is 1.33. The monoisotopic (exact) mass is 470 g/mol. The molecule has 0 atom stereocenters. The number of carbonyl (C=O) groups excluding carboxylic acids is 2. The number of hydrogen-bond acceptors (Lipinski definition) is 6. The lowest BCUT2D eigenvalue weighted by Gasteiger charge is -2.34. The van der Waals surface area contributed by atoms with Crippen molar-refractivity contribution in [2.75, 3.05) is 43.8 Å². The van der Waals surface area contributed by atoms with E-state index in [4.69, 9.17) is 0 Å². The van der Waals surface area contributed by atoms with Crippen LogP contribution in [0.5, 0.6) is 0 Å². The predicted molar refractivity (Wildman–Crippen MR) is 114 cm³/mol. The van der Waals surface area contributed by atoms with Gasteiger partial charge in [-0.15, -0.1) is 10.2 Å². The summed E-state index contributed by atoms with van der Waals surface area (Å²) in [4.78, 5) is 28.3. The van der Waals surface area contributed by atoms with Gasteiger partial charge >= 0.3 is 6.18 Å². The molecule has 1 aliphatic heterocycles. The Hall–Kier alpha value is -2.60. The first kappa shape index (κ1) is 24.1. The van der Waals surface area contributed by atoms with E-state index in [1.54, 1.807) is 4.90 Å². The van der Waals surface area contributed by atoms with Crippen molar-refractivity contribution in [3.05, 3.63) is 35.7 Å². The van der Waals surface area contributed by atoms with E-state index in [0.29, 0.717) is 31.3 Å². The average molecular weight is 471 g/mol. The highest BCUT2D eigenvalue weighted by Gasteiger charge is 2.33. The molecule has 8 nitrogen and oxygen atoms in total. The molecular formula is C20H25F3N6O2S. The van der Waals surface area contributed by atoms with Crippen molar-refractivity contribution in [3.8, 4) is 0 Å². The second-order valence-corrected chi connectivity index (χ2v) is 8.29. The third kappa shape index (κ3) is 6.00. The van der Waals surface area contributed by atoms with Crippen molar-refractivity contribution in [3.63, 3.8) is 0 Å². The first-order chi connectivity index (χ1) is 15.2. The quantitative estimate of drug-likeness (QED) is 0.626. The number of para-hydroxylation sites is 1. The largest absolute Gasteiger partial charge is 0.418 e. The minimum absolute atomic E-state index is 0.0285. The van der Waals surface area contributed by atoms with E-state index < -0.39 is 17.6 Å². The van der Waals surface area contributed by atoms with Crippen LogP contribution in [-0.4, -0.2) is 74.9 Å². The van der Waals surface area contributed by atoms with Gasteiger partial charge in [0.1, 0.15) is 5.82 Å². The Labute approximate surface area is 188 Å². The number of aryl methyl sites for hydroxylation is 1. The van der Waals surface area contributed by atoms with Gasteiger partial charge in [0, 0.05) is 39.6 Å². The normalized spacial score (nSPS) is 15.1. The molecule has 1 saturated heterocycles. The second kappa shape index (κ2) is 10.3. The zero-order valence-corrected chi connectivity index (χ0v) is 18.7. The molecule has 32 heavy (non-hydrogen) atoms. The van der Waals surface area contributed by atoms with Crippen LogP contribution in [-0.2, 0) is 29.2 Å². The van der Waals surface area contributed by atoms with E-state index in [-0.39, 0.29) is 23.9 Å². The average Bonchev–Trinajstić information content (AvgIpc) is 3.11. The van der Waals surface area contributed by atoms with E-state index >= 15 is 0 Å². The molecule has 1 aromatic heterocycles. The molecule has 0 bridgehead atoms. The Morgan fingerprint density at radius 3 is 2.44 bits per heavy atom. The molecule has 2 aromatic rings. The summed E-state index contributed by atoms with van der Waals surface area (Å²) in [6.45, 7) is 3.78. The number of nitrogens with zero attached hydrogens (tertiary/aromatic N) is 5. The van der Waals surface area contributed by atoms with Crippen LogP contribution in [0.2, 0.25) is 0 Å². The number of thioether (sulfide) groups is 1. The molecule has 1 aliphatic rings. The van der Waals surface area contributed by atoms with Gasteiger partial charge in [-0.1, -0.05) is 30.8 Å². The van der Waals surface area contributed by atoms with Crippen molar-refractivity contribution in [1.82, 2.24) is 24.6 Å². The Kier molecular flexibility index (Phi) is 7.77. The summed E-state index contributed by atoms with van der Waals surface area (Å²) in [5.74, 6) is 0.541. The Balaban J connectivity index is 1.45.